The Morgan fingerprint density at radius 3 is 3.08 bits per heavy atom. The van der Waals surface area contributed by atoms with Crippen LogP contribution in [0.15, 0.2) is 5.16 Å². The number of hydrazine groups is 1. The highest BCUT2D eigenvalue weighted by atomic mass is 16.4. The van der Waals surface area contributed by atoms with E-state index in [0.717, 1.165) is 0 Å². The summed E-state index contributed by atoms with van der Waals surface area (Å²) in [6.45, 7) is 2.14. The van der Waals surface area contributed by atoms with Gasteiger partial charge in [-0.2, -0.15) is 0 Å². The van der Waals surface area contributed by atoms with E-state index in [0.29, 0.717) is 6.42 Å². The molecular weight excluding hydrogens is 160 g/mol. The molecule has 1 fully saturated rings. The van der Waals surface area contributed by atoms with Gasteiger partial charge in [0.25, 0.3) is 0 Å². The molecule has 0 aromatic rings. The van der Waals surface area contributed by atoms with E-state index in [4.69, 9.17) is 10.9 Å². The molecular formula is C6H12N4O2. The first-order valence-electron chi connectivity index (χ1n) is 3.66. The number of carbonyl (C=O) groups is 1. The fraction of sp³-hybridized carbons (Fsp3) is 0.667. The second kappa shape index (κ2) is 3.40. The molecule has 1 heterocycles. The third-order valence-corrected chi connectivity index (χ3v) is 1.74. The normalized spacial score (nSPS) is 25.9. The maximum Gasteiger partial charge on any atom is 0.235 e. The van der Waals surface area contributed by atoms with Crippen LogP contribution in [0.5, 0.6) is 0 Å². The maximum atomic E-state index is 10.8. The Hall–Kier alpha value is -1.30. The minimum absolute atomic E-state index is 0.0340. The SMILES string of the molecule is CC1CC(=O)NN1C/C(N)=N/O. The Balaban J connectivity index is 2.48. The summed E-state index contributed by atoms with van der Waals surface area (Å²) < 4.78 is 0. The fourth-order valence-electron chi connectivity index (χ4n) is 1.10. The standard InChI is InChI=1S/C6H12N4O2/c1-4-2-6(11)8-10(4)3-5(7)9-12/h4,12H,2-3H2,1H3,(H2,7,9)(H,8,11). The van der Waals surface area contributed by atoms with Gasteiger partial charge in [0.05, 0.1) is 6.54 Å². The monoisotopic (exact) mass is 172 g/mol. The molecule has 0 aromatic carbocycles. The number of nitrogens with one attached hydrogen (secondary N) is 1. The lowest BCUT2D eigenvalue weighted by atomic mass is 10.2. The third kappa shape index (κ3) is 1.85. The fourth-order valence-corrected chi connectivity index (χ4v) is 1.10. The number of hydrogen-bond donors (Lipinski definition) is 3. The summed E-state index contributed by atoms with van der Waals surface area (Å²) in [5.74, 6) is 0.0530. The van der Waals surface area contributed by atoms with Crippen molar-refractivity contribution in [3.8, 4) is 0 Å². The highest BCUT2D eigenvalue weighted by Crippen LogP contribution is 2.07. The van der Waals surface area contributed by atoms with Crippen molar-refractivity contribution in [3.05, 3.63) is 0 Å². The molecule has 1 atom stereocenters. The van der Waals surface area contributed by atoms with E-state index in [-0.39, 0.29) is 24.3 Å². The van der Waals surface area contributed by atoms with Crippen molar-refractivity contribution in [2.24, 2.45) is 10.9 Å². The van der Waals surface area contributed by atoms with Crippen molar-refractivity contribution in [1.82, 2.24) is 10.4 Å². The lowest BCUT2D eigenvalue weighted by Gasteiger charge is -2.18. The molecule has 1 saturated heterocycles. The van der Waals surface area contributed by atoms with Gasteiger partial charge < -0.3 is 10.9 Å². The molecule has 0 saturated carbocycles. The van der Waals surface area contributed by atoms with Crippen LogP contribution in [0, 0.1) is 0 Å². The molecule has 0 aliphatic carbocycles. The van der Waals surface area contributed by atoms with Crippen molar-refractivity contribution in [2.45, 2.75) is 19.4 Å². The summed E-state index contributed by atoms with van der Waals surface area (Å²) in [6, 6.07) is 0.0952. The number of amidine groups is 1. The number of carbonyl (C=O) groups excluding carboxylic acids is 1. The summed E-state index contributed by atoms with van der Waals surface area (Å²) in [5.41, 5.74) is 7.86. The molecule has 6 nitrogen and oxygen atoms in total. The van der Waals surface area contributed by atoms with Crippen LogP contribution in [0.4, 0.5) is 0 Å². The average molecular weight is 172 g/mol. The predicted octanol–water partition coefficient (Wildman–Crippen LogP) is -1.14. The third-order valence-electron chi connectivity index (χ3n) is 1.74. The Morgan fingerprint density at radius 2 is 2.67 bits per heavy atom. The predicted molar refractivity (Wildman–Crippen MR) is 42.3 cm³/mol. The quantitative estimate of drug-likeness (QED) is 0.212. The molecule has 0 spiro atoms. The molecule has 6 heteroatoms. The van der Waals surface area contributed by atoms with Crippen molar-refractivity contribution >= 4 is 11.7 Å². The van der Waals surface area contributed by atoms with Gasteiger partial charge >= 0.3 is 0 Å². The van der Waals surface area contributed by atoms with Crippen molar-refractivity contribution in [2.75, 3.05) is 6.54 Å². The Bertz CT molecular complexity index is 216. The summed E-state index contributed by atoms with van der Waals surface area (Å²) in [4.78, 5) is 10.8. The second-order valence-corrected chi connectivity index (χ2v) is 2.81. The molecule has 1 unspecified atom stereocenters. The van der Waals surface area contributed by atoms with E-state index in [1.165, 1.54) is 0 Å². The summed E-state index contributed by atoms with van der Waals surface area (Å²) >= 11 is 0. The Morgan fingerprint density at radius 1 is 2.00 bits per heavy atom. The smallest absolute Gasteiger partial charge is 0.235 e. The van der Waals surface area contributed by atoms with E-state index < -0.39 is 0 Å². The van der Waals surface area contributed by atoms with Gasteiger partial charge in [-0.15, -0.1) is 0 Å². The molecule has 1 amide bonds. The minimum atomic E-state index is -0.0340. The number of nitrogens with two attached hydrogens (primary N) is 1. The average Bonchev–Trinajstić information content (AvgIpc) is 2.30. The number of rotatable bonds is 2. The number of amides is 1. The molecule has 1 rings (SSSR count). The highest BCUT2D eigenvalue weighted by Gasteiger charge is 2.26. The first kappa shape index (κ1) is 8.79. The van der Waals surface area contributed by atoms with Crippen LogP contribution in [0.2, 0.25) is 0 Å². The van der Waals surface area contributed by atoms with Gasteiger partial charge in [-0.05, 0) is 6.92 Å². The van der Waals surface area contributed by atoms with Crippen LogP contribution in [0.1, 0.15) is 13.3 Å². The highest BCUT2D eigenvalue weighted by molar-refractivity contribution is 5.83. The van der Waals surface area contributed by atoms with Gasteiger partial charge in [0.1, 0.15) is 0 Å². The van der Waals surface area contributed by atoms with E-state index in [2.05, 4.69) is 10.6 Å². The number of nitrogens with zero attached hydrogens (tertiary/aromatic N) is 2. The zero-order valence-electron chi connectivity index (χ0n) is 6.82. The van der Waals surface area contributed by atoms with Crippen LogP contribution in [-0.4, -0.2) is 34.5 Å². The first-order valence-corrected chi connectivity index (χ1v) is 3.66. The molecule has 0 radical (unpaired) electrons. The molecule has 68 valence electrons. The molecule has 12 heavy (non-hydrogen) atoms. The number of oxime groups is 1. The van der Waals surface area contributed by atoms with Crippen LogP contribution in [0.25, 0.3) is 0 Å². The molecule has 0 aromatic heterocycles. The largest absolute Gasteiger partial charge is 0.409 e. The van der Waals surface area contributed by atoms with E-state index in [1.54, 1.807) is 5.01 Å². The number of hydrogen-bond acceptors (Lipinski definition) is 4. The summed E-state index contributed by atoms with van der Waals surface area (Å²) in [5, 5.41) is 12.7. The summed E-state index contributed by atoms with van der Waals surface area (Å²) in [7, 11) is 0. The molecule has 0 bridgehead atoms. The van der Waals surface area contributed by atoms with E-state index in [1.807, 2.05) is 6.92 Å². The van der Waals surface area contributed by atoms with Gasteiger partial charge in [0.15, 0.2) is 5.84 Å². The van der Waals surface area contributed by atoms with E-state index >= 15 is 0 Å². The maximum absolute atomic E-state index is 10.8. The zero-order chi connectivity index (χ0) is 9.14. The van der Waals surface area contributed by atoms with Gasteiger partial charge in [-0.1, -0.05) is 5.16 Å². The van der Waals surface area contributed by atoms with E-state index in [9.17, 15) is 4.79 Å². The Kier molecular flexibility index (Phi) is 2.49. The molecule has 4 N–H and O–H groups in total. The summed E-state index contributed by atoms with van der Waals surface area (Å²) in [6.07, 6.45) is 0.457. The van der Waals surface area contributed by atoms with Crippen LogP contribution in [0.3, 0.4) is 0 Å². The zero-order valence-corrected chi connectivity index (χ0v) is 6.82. The van der Waals surface area contributed by atoms with Crippen LogP contribution < -0.4 is 11.2 Å². The first-order chi connectivity index (χ1) is 5.63. The lowest BCUT2D eigenvalue weighted by molar-refractivity contribution is -0.120. The van der Waals surface area contributed by atoms with Crippen LogP contribution in [-0.2, 0) is 4.79 Å². The minimum Gasteiger partial charge on any atom is -0.409 e. The van der Waals surface area contributed by atoms with Crippen molar-refractivity contribution in [3.63, 3.8) is 0 Å². The van der Waals surface area contributed by atoms with Gasteiger partial charge in [-0.25, -0.2) is 5.01 Å². The van der Waals surface area contributed by atoms with Gasteiger partial charge in [-0.3, -0.25) is 10.2 Å². The molecule has 1 aliphatic heterocycles. The van der Waals surface area contributed by atoms with Crippen molar-refractivity contribution in [1.29, 1.82) is 0 Å². The Labute approximate surface area is 70.0 Å². The van der Waals surface area contributed by atoms with Gasteiger partial charge in [0, 0.05) is 12.5 Å². The molecule has 1 aliphatic rings. The van der Waals surface area contributed by atoms with Gasteiger partial charge in [0.2, 0.25) is 5.91 Å². The second-order valence-electron chi connectivity index (χ2n) is 2.81. The van der Waals surface area contributed by atoms with Crippen molar-refractivity contribution < 1.29 is 10.0 Å². The lowest BCUT2D eigenvalue weighted by Crippen LogP contribution is -2.43. The van der Waals surface area contributed by atoms with Crippen LogP contribution >= 0.6 is 0 Å². The topological polar surface area (TPSA) is 91.0 Å².